The molecular weight excluding hydrogens is 324 g/mol. The molecular formula is C22H28N2O2. The Bertz CT molecular complexity index is 749. The molecule has 1 aromatic carbocycles. The zero-order chi connectivity index (χ0) is 19.0. The lowest BCUT2D eigenvalue weighted by atomic mass is 9.89. The summed E-state index contributed by atoms with van der Waals surface area (Å²) in [6.45, 7) is 6.64. The summed E-state index contributed by atoms with van der Waals surface area (Å²) in [5, 5.41) is 19.4. The van der Waals surface area contributed by atoms with Crippen LogP contribution in [0.2, 0.25) is 0 Å². The summed E-state index contributed by atoms with van der Waals surface area (Å²) < 4.78 is 5.91. The fraction of sp³-hybridized carbons (Fsp3) is 0.455. The molecule has 26 heavy (non-hydrogen) atoms. The molecule has 1 N–H and O–H groups in total. The molecule has 4 nitrogen and oxygen atoms in total. The van der Waals surface area contributed by atoms with Crippen molar-refractivity contribution in [2.24, 2.45) is 5.41 Å². The number of hydrogen-bond acceptors (Lipinski definition) is 4. The van der Waals surface area contributed by atoms with E-state index < -0.39 is 0 Å². The highest BCUT2D eigenvalue weighted by atomic mass is 16.5. The molecule has 0 radical (unpaired) electrons. The van der Waals surface area contributed by atoms with Crippen LogP contribution in [-0.4, -0.2) is 16.7 Å². The Morgan fingerprint density at radius 1 is 1.19 bits per heavy atom. The zero-order valence-electron chi connectivity index (χ0n) is 16.0. The average molecular weight is 352 g/mol. The smallest absolute Gasteiger partial charge is 0.128 e. The summed E-state index contributed by atoms with van der Waals surface area (Å²) in [5.74, 6) is 0.925. The molecule has 138 valence electrons. The van der Waals surface area contributed by atoms with E-state index in [2.05, 4.69) is 18.0 Å². The third-order valence-electron chi connectivity index (χ3n) is 4.51. The number of aromatic nitrogens is 1. The van der Waals surface area contributed by atoms with Crippen LogP contribution in [0.1, 0.15) is 52.0 Å². The van der Waals surface area contributed by atoms with Crippen molar-refractivity contribution in [3.63, 3.8) is 0 Å². The summed E-state index contributed by atoms with van der Waals surface area (Å²) in [6, 6.07) is 11.6. The van der Waals surface area contributed by atoms with Gasteiger partial charge in [-0.1, -0.05) is 25.8 Å². The number of nitriles is 1. The van der Waals surface area contributed by atoms with Crippen molar-refractivity contribution in [1.29, 1.82) is 5.26 Å². The molecule has 0 bridgehead atoms. The third-order valence-corrected chi connectivity index (χ3v) is 4.51. The van der Waals surface area contributed by atoms with E-state index in [9.17, 15) is 5.11 Å². The van der Waals surface area contributed by atoms with Gasteiger partial charge in [0.15, 0.2) is 0 Å². The van der Waals surface area contributed by atoms with Gasteiger partial charge in [0.25, 0.3) is 0 Å². The maximum absolute atomic E-state index is 10.4. The minimum Gasteiger partial charge on any atom is -0.507 e. The fourth-order valence-electron chi connectivity index (χ4n) is 2.84. The van der Waals surface area contributed by atoms with Crippen LogP contribution in [0.25, 0.3) is 11.3 Å². The molecule has 0 amide bonds. The van der Waals surface area contributed by atoms with Gasteiger partial charge < -0.3 is 9.84 Å². The summed E-state index contributed by atoms with van der Waals surface area (Å²) in [4.78, 5) is 4.31. The number of pyridine rings is 1. The normalized spacial score (nSPS) is 11.2. The van der Waals surface area contributed by atoms with E-state index in [-0.39, 0.29) is 11.2 Å². The standard InChI is InChI=1S/C22H28N2O2/c1-4-17-14-18(19-10-6-8-12-24-19)20(25)15-21(17)26-13-9-5-7-11-22(2,3)16-23/h6,8,10,12,14-15,25H,4-5,7,9,11,13H2,1-3H3. The molecule has 0 saturated heterocycles. The molecule has 2 rings (SSSR count). The van der Waals surface area contributed by atoms with Crippen molar-refractivity contribution < 1.29 is 9.84 Å². The SMILES string of the molecule is CCc1cc(-c2ccccn2)c(O)cc1OCCCCCC(C)(C)C#N. The van der Waals surface area contributed by atoms with E-state index in [0.717, 1.165) is 54.7 Å². The van der Waals surface area contributed by atoms with Crippen LogP contribution in [0.3, 0.4) is 0 Å². The van der Waals surface area contributed by atoms with Gasteiger partial charge in [-0.2, -0.15) is 5.26 Å². The van der Waals surface area contributed by atoms with Crippen LogP contribution < -0.4 is 4.74 Å². The number of benzene rings is 1. The number of aromatic hydroxyl groups is 1. The Morgan fingerprint density at radius 2 is 2.00 bits per heavy atom. The van der Waals surface area contributed by atoms with E-state index in [1.807, 2.05) is 38.1 Å². The van der Waals surface area contributed by atoms with Gasteiger partial charge in [0, 0.05) is 17.8 Å². The zero-order valence-corrected chi connectivity index (χ0v) is 16.0. The molecule has 0 unspecified atom stereocenters. The lowest BCUT2D eigenvalue weighted by Crippen LogP contribution is -2.07. The Balaban J connectivity index is 1.94. The van der Waals surface area contributed by atoms with Crippen LogP contribution in [0.15, 0.2) is 36.5 Å². The molecule has 2 aromatic rings. The summed E-state index contributed by atoms with van der Waals surface area (Å²) in [5.41, 5.74) is 2.30. The highest BCUT2D eigenvalue weighted by Crippen LogP contribution is 2.35. The molecule has 4 heteroatoms. The van der Waals surface area contributed by atoms with E-state index in [1.54, 1.807) is 12.3 Å². The average Bonchev–Trinajstić information content (AvgIpc) is 2.65. The quantitative estimate of drug-likeness (QED) is 0.605. The van der Waals surface area contributed by atoms with Crippen LogP contribution in [0.4, 0.5) is 0 Å². The van der Waals surface area contributed by atoms with Gasteiger partial charge in [0.1, 0.15) is 11.5 Å². The second-order valence-corrected chi connectivity index (χ2v) is 7.20. The van der Waals surface area contributed by atoms with Gasteiger partial charge in [-0.15, -0.1) is 0 Å². The second-order valence-electron chi connectivity index (χ2n) is 7.20. The number of unbranched alkanes of at least 4 members (excludes halogenated alkanes) is 2. The largest absolute Gasteiger partial charge is 0.507 e. The van der Waals surface area contributed by atoms with E-state index in [0.29, 0.717) is 6.61 Å². The van der Waals surface area contributed by atoms with Crippen molar-refractivity contribution in [1.82, 2.24) is 4.98 Å². The molecule has 0 aliphatic heterocycles. The molecule has 1 heterocycles. The Hall–Kier alpha value is -2.54. The Morgan fingerprint density at radius 3 is 2.65 bits per heavy atom. The monoisotopic (exact) mass is 352 g/mol. The van der Waals surface area contributed by atoms with Gasteiger partial charge in [0.2, 0.25) is 0 Å². The van der Waals surface area contributed by atoms with Crippen LogP contribution >= 0.6 is 0 Å². The number of aryl methyl sites for hydroxylation is 1. The lowest BCUT2D eigenvalue weighted by molar-refractivity contribution is 0.296. The predicted molar refractivity (Wildman–Crippen MR) is 104 cm³/mol. The van der Waals surface area contributed by atoms with Gasteiger partial charge in [-0.05, 0) is 56.9 Å². The predicted octanol–water partition coefficient (Wildman–Crippen LogP) is 5.51. The van der Waals surface area contributed by atoms with Crippen LogP contribution in [0.5, 0.6) is 11.5 Å². The number of rotatable bonds is 9. The van der Waals surface area contributed by atoms with Crippen LogP contribution in [-0.2, 0) is 6.42 Å². The van der Waals surface area contributed by atoms with Crippen molar-refractivity contribution >= 4 is 0 Å². The second kappa shape index (κ2) is 9.24. The summed E-state index contributed by atoms with van der Waals surface area (Å²) in [6.07, 6.45) is 6.44. The van der Waals surface area contributed by atoms with Crippen molar-refractivity contribution in [3.05, 3.63) is 42.1 Å². The first-order valence-corrected chi connectivity index (χ1v) is 9.28. The Labute approximate surface area is 156 Å². The van der Waals surface area contributed by atoms with E-state index in [4.69, 9.17) is 10.00 Å². The number of phenols is 1. The van der Waals surface area contributed by atoms with Gasteiger partial charge in [0.05, 0.1) is 23.8 Å². The van der Waals surface area contributed by atoms with Gasteiger partial charge in [-0.3, -0.25) is 4.98 Å². The van der Waals surface area contributed by atoms with Crippen molar-refractivity contribution in [2.75, 3.05) is 6.61 Å². The molecule has 1 aromatic heterocycles. The highest BCUT2D eigenvalue weighted by molar-refractivity contribution is 5.69. The highest BCUT2D eigenvalue weighted by Gasteiger charge is 2.15. The topological polar surface area (TPSA) is 66.1 Å². The number of hydrogen-bond donors (Lipinski definition) is 1. The first-order valence-electron chi connectivity index (χ1n) is 9.28. The summed E-state index contributed by atoms with van der Waals surface area (Å²) >= 11 is 0. The molecule has 0 atom stereocenters. The van der Waals surface area contributed by atoms with Crippen molar-refractivity contribution in [3.8, 4) is 28.8 Å². The number of nitrogens with zero attached hydrogens (tertiary/aromatic N) is 2. The first kappa shape index (κ1) is 19.8. The molecule has 0 saturated carbocycles. The first-order chi connectivity index (χ1) is 12.5. The minimum absolute atomic E-state index is 0.187. The van der Waals surface area contributed by atoms with Gasteiger partial charge >= 0.3 is 0 Å². The summed E-state index contributed by atoms with van der Waals surface area (Å²) in [7, 11) is 0. The van der Waals surface area contributed by atoms with E-state index in [1.165, 1.54) is 0 Å². The molecule has 0 aliphatic carbocycles. The fourth-order valence-corrected chi connectivity index (χ4v) is 2.84. The molecule has 0 fully saturated rings. The molecule has 0 spiro atoms. The minimum atomic E-state index is -0.247. The van der Waals surface area contributed by atoms with E-state index >= 15 is 0 Å². The van der Waals surface area contributed by atoms with Crippen LogP contribution in [0, 0.1) is 16.7 Å². The maximum Gasteiger partial charge on any atom is 0.128 e. The van der Waals surface area contributed by atoms with Crippen molar-refractivity contribution in [2.45, 2.75) is 52.9 Å². The van der Waals surface area contributed by atoms with Gasteiger partial charge in [-0.25, -0.2) is 0 Å². The Kier molecular flexibility index (Phi) is 7.03. The third kappa shape index (κ3) is 5.49. The maximum atomic E-state index is 10.4. The lowest BCUT2D eigenvalue weighted by Gasteiger charge is -2.15. The number of phenolic OH excluding ortho intramolecular Hbond substituents is 1. The number of ether oxygens (including phenoxy) is 1. The molecule has 0 aliphatic rings.